The second kappa shape index (κ2) is 6.75. The van der Waals surface area contributed by atoms with Crippen LogP contribution in [0.25, 0.3) is 0 Å². The molecule has 0 saturated carbocycles. The first-order valence-electron chi connectivity index (χ1n) is 8.28. The highest BCUT2D eigenvalue weighted by Crippen LogP contribution is 2.36. The average Bonchev–Trinajstić information content (AvgIpc) is 3.27. The van der Waals surface area contributed by atoms with Crippen LogP contribution in [0.5, 0.6) is 0 Å². The molecule has 1 saturated heterocycles. The van der Waals surface area contributed by atoms with Gasteiger partial charge in [0.1, 0.15) is 17.7 Å². The third kappa shape index (κ3) is 3.20. The van der Waals surface area contributed by atoms with Crippen LogP contribution >= 0.6 is 0 Å². The highest BCUT2D eigenvalue weighted by Gasteiger charge is 2.40. The first kappa shape index (κ1) is 18.4. The molecule has 26 heavy (non-hydrogen) atoms. The van der Waals surface area contributed by atoms with Crippen molar-refractivity contribution in [1.29, 1.82) is 0 Å². The number of aryl methyl sites for hydroxylation is 2. The Bertz CT molecular complexity index is 811. The Morgan fingerprint density at radius 2 is 2.19 bits per heavy atom. The number of nitrogens with one attached hydrogen (secondary N) is 1. The number of imidazole rings is 1. The zero-order valence-electron chi connectivity index (χ0n) is 14.7. The van der Waals surface area contributed by atoms with Crippen LogP contribution in [0, 0.1) is 12.8 Å². The van der Waals surface area contributed by atoms with Crippen molar-refractivity contribution >= 4 is 11.7 Å². The molecule has 3 rings (SSSR count). The fraction of sp³-hybridized carbons (Fsp3) is 0.562. The van der Waals surface area contributed by atoms with Crippen LogP contribution in [-0.2, 0) is 29.3 Å². The molecule has 1 fully saturated rings. The van der Waals surface area contributed by atoms with Gasteiger partial charge in [-0.15, -0.1) is 0 Å². The Hall–Kier alpha value is -2.36. The van der Waals surface area contributed by atoms with Crippen molar-refractivity contribution in [3.05, 3.63) is 29.5 Å². The van der Waals surface area contributed by atoms with Gasteiger partial charge in [-0.25, -0.2) is 4.98 Å². The molecular weight excluding hydrogens is 351 g/mol. The van der Waals surface area contributed by atoms with Gasteiger partial charge in [-0.2, -0.15) is 18.3 Å². The quantitative estimate of drug-likeness (QED) is 0.897. The zero-order valence-corrected chi connectivity index (χ0v) is 14.7. The van der Waals surface area contributed by atoms with Gasteiger partial charge < -0.3 is 14.6 Å². The molecule has 2 aromatic heterocycles. The standard InChI is InChI=1S/C16H20F3N5O2/c1-4-24-7-6-20-14(24)11-10(5-8-26-11)15(25)21-13-9(2)12(16(17,18)19)22-23(13)3/h6-7,10-11H,4-5,8H2,1-3H3,(H,21,25)/t10-,11-/m1/s1. The maximum absolute atomic E-state index is 13.0. The van der Waals surface area contributed by atoms with E-state index >= 15 is 0 Å². The molecule has 1 amide bonds. The first-order valence-corrected chi connectivity index (χ1v) is 8.28. The number of amides is 1. The fourth-order valence-electron chi connectivity index (χ4n) is 3.24. The van der Waals surface area contributed by atoms with Gasteiger partial charge in [0.05, 0.1) is 5.92 Å². The van der Waals surface area contributed by atoms with Crippen molar-refractivity contribution in [3.63, 3.8) is 0 Å². The van der Waals surface area contributed by atoms with Crippen LogP contribution in [0.4, 0.5) is 19.0 Å². The zero-order chi connectivity index (χ0) is 19.1. The van der Waals surface area contributed by atoms with E-state index in [4.69, 9.17) is 4.74 Å². The van der Waals surface area contributed by atoms with E-state index in [1.807, 2.05) is 11.5 Å². The van der Waals surface area contributed by atoms with Gasteiger partial charge >= 0.3 is 6.18 Å². The molecule has 3 heterocycles. The Labute approximate surface area is 148 Å². The minimum Gasteiger partial charge on any atom is -0.369 e. The summed E-state index contributed by atoms with van der Waals surface area (Å²) >= 11 is 0. The van der Waals surface area contributed by atoms with Crippen molar-refractivity contribution in [3.8, 4) is 0 Å². The smallest absolute Gasteiger partial charge is 0.369 e. The summed E-state index contributed by atoms with van der Waals surface area (Å²) < 4.78 is 47.6. The van der Waals surface area contributed by atoms with Crippen LogP contribution < -0.4 is 5.32 Å². The Morgan fingerprint density at radius 1 is 1.46 bits per heavy atom. The topological polar surface area (TPSA) is 74.0 Å². The number of hydrogen-bond donors (Lipinski definition) is 1. The summed E-state index contributed by atoms with van der Waals surface area (Å²) in [6.45, 7) is 4.31. The summed E-state index contributed by atoms with van der Waals surface area (Å²) in [4.78, 5) is 17.0. The lowest BCUT2D eigenvalue weighted by atomic mass is 9.99. The number of carbonyl (C=O) groups excluding carboxylic acids is 1. The minimum atomic E-state index is -4.57. The summed E-state index contributed by atoms with van der Waals surface area (Å²) in [5.74, 6) is -0.265. The molecule has 1 aliphatic heterocycles. The van der Waals surface area contributed by atoms with Gasteiger partial charge in [0.15, 0.2) is 5.69 Å². The highest BCUT2D eigenvalue weighted by atomic mass is 19.4. The molecule has 2 aromatic rings. The van der Waals surface area contributed by atoms with E-state index in [1.54, 1.807) is 12.4 Å². The second-order valence-corrected chi connectivity index (χ2v) is 6.19. The van der Waals surface area contributed by atoms with E-state index in [0.717, 1.165) is 4.68 Å². The maximum atomic E-state index is 13.0. The summed E-state index contributed by atoms with van der Waals surface area (Å²) in [5, 5.41) is 6.07. The lowest BCUT2D eigenvalue weighted by molar-refractivity contribution is -0.141. The van der Waals surface area contributed by atoms with Gasteiger partial charge in [-0.1, -0.05) is 0 Å². The van der Waals surface area contributed by atoms with E-state index in [1.165, 1.54) is 14.0 Å². The predicted octanol–water partition coefficient (Wildman–Crippen LogP) is 2.68. The lowest BCUT2D eigenvalue weighted by Gasteiger charge is -2.19. The summed E-state index contributed by atoms with van der Waals surface area (Å²) in [6.07, 6.45) is -1.20. The largest absolute Gasteiger partial charge is 0.435 e. The van der Waals surface area contributed by atoms with Crippen LogP contribution in [0.2, 0.25) is 0 Å². The first-order chi connectivity index (χ1) is 12.2. The number of ether oxygens (including phenoxy) is 1. The van der Waals surface area contributed by atoms with Crippen LogP contribution in [-0.4, -0.2) is 31.8 Å². The SMILES string of the molecule is CCn1ccnc1[C@@H]1OCC[C@H]1C(=O)Nc1c(C)c(C(F)(F)F)nn1C. The third-order valence-corrected chi connectivity index (χ3v) is 4.57. The second-order valence-electron chi connectivity index (χ2n) is 6.19. The van der Waals surface area contributed by atoms with Gasteiger partial charge in [0, 0.05) is 38.2 Å². The molecular formula is C16H20F3N5O2. The number of aromatic nitrogens is 4. The lowest BCUT2D eigenvalue weighted by Crippen LogP contribution is -2.28. The molecule has 10 heteroatoms. The Balaban J connectivity index is 1.83. The van der Waals surface area contributed by atoms with Gasteiger partial charge in [-0.05, 0) is 20.3 Å². The number of alkyl halides is 3. The third-order valence-electron chi connectivity index (χ3n) is 4.57. The van der Waals surface area contributed by atoms with E-state index in [9.17, 15) is 18.0 Å². The van der Waals surface area contributed by atoms with Crippen LogP contribution in [0.1, 0.15) is 36.5 Å². The number of hydrogen-bond acceptors (Lipinski definition) is 4. The van der Waals surface area contributed by atoms with Crippen molar-refractivity contribution < 1.29 is 22.7 Å². The molecule has 2 atom stereocenters. The van der Waals surface area contributed by atoms with Crippen LogP contribution in [0.3, 0.4) is 0 Å². The van der Waals surface area contributed by atoms with Gasteiger partial charge in [-0.3, -0.25) is 9.48 Å². The molecule has 142 valence electrons. The molecule has 1 aliphatic rings. The van der Waals surface area contributed by atoms with Crippen molar-refractivity contribution in [2.45, 2.75) is 39.1 Å². The molecule has 0 aromatic carbocycles. The number of rotatable bonds is 4. The fourth-order valence-corrected chi connectivity index (χ4v) is 3.24. The van der Waals surface area contributed by atoms with E-state index in [0.29, 0.717) is 25.4 Å². The van der Waals surface area contributed by atoms with E-state index in [2.05, 4.69) is 15.4 Å². The molecule has 0 unspecified atom stereocenters. The maximum Gasteiger partial charge on any atom is 0.435 e. The molecule has 0 bridgehead atoms. The van der Waals surface area contributed by atoms with Crippen molar-refractivity contribution in [2.24, 2.45) is 13.0 Å². The molecule has 1 N–H and O–H groups in total. The van der Waals surface area contributed by atoms with Crippen molar-refractivity contribution in [1.82, 2.24) is 19.3 Å². The Kier molecular flexibility index (Phi) is 4.78. The summed E-state index contributed by atoms with van der Waals surface area (Å²) in [5.41, 5.74) is -1.12. The van der Waals surface area contributed by atoms with Gasteiger partial charge in [0.25, 0.3) is 0 Å². The van der Waals surface area contributed by atoms with E-state index < -0.39 is 29.8 Å². The van der Waals surface area contributed by atoms with Crippen molar-refractivity contribution in [2.75, 3.05) is 11.9 Å². The molecule has 0 spiro atoms. The monoisotopic (exact) mass is 371 g/mol. The summed E-state index contributed by atoms with van der Waals surface area (Å²) in [6, 6.07) is 0. The molecule has 7 nitrogen and oxygen atoms in total. The number of nitrogens with zero attached hydrogens (tertiary/aromatic N) is 4. The number of anilines is 1. The average molecular weight is 371 g/mol. The number of halogens is 3. The molecule has 0 radical (unpaired) electrons. The normalized spacial score (nSPS) is 20.5. The van der Waals surface area contributed by atoms with Gasteiger partial charge in [0.2, 0.25) is 5.91 Å². The van der Waals surface area contributed by atoms with Crippen LogP contribution in [0.15, 0.2) is 12.4 Å². The Morgan fingerprint density at radius 3 is 2.81 bits per heavy atom. The minimum absolute atomic E-state index is 0.0341. The number of carbonyl (C=O) groups is 1. The highest BCUT2D eigenvalue weighted by molar-refractivity contribution is 5.93. The molecule has 0 aliphatic carbocycles. The predicted molar refractivity (Wildman–Crippen MR) is 86.3 cm³/mol. The van der Waals surface area contributed by atoms with E-state index in [-0.39, 0.29) is 11.4 Å². The summed E-state index contributed by atoms with van der Waals surface area (Å²) in [7, 11) is 1.37.